The van der Waals surface area contributed by atoms with E-state index in [2.05, 4.69) is 25.3 Å². The van der Waals surface area contributed by atoms with Crippen LogP contribution in [0.15, 0.2) is 37.0 Å². The molecule has 0 aromatic rings. The molecule has 22 heavy (non-hydrogen) atoms. The fourth-order valence-corrected chi connectivity index (χ4v) is 6.59. The second-order valence-corrected chi connectivity index (χ2v) is 8.13. The summed E-state index contributed by atoms with van der Waals surface area (Å²) in [4.78, 5) is 13.0. The van der Waals surface area contributed by atoms with Gasteiger partial charge in [0.15, 0.2) is 5.78 Å². The number of ketones is 1. The van der Waals surface area contributed by atoms with Crippen molar-refractivity contribution in [3.8, 4) is 0 Å². The zero-order valence-electron chi connectivity index (χ0n) is 13.7. The normalized spacial score (nSPS) is 47.0. The standard InChI is InChI=1S/C21H28O/c1-3-20-11-7-9-16(20)19-17(10-13-20)21(4-2)12-6-5-8-15(21)14-18(19)22/h3-4,14,16-17,19H,1-2,5-13H2. The van der Waals surface area contributed by atoms with Gasteiger partial charge >= 0.3 is 0 Å². The Bertz CT molecular complexity index is 556. The molecule has 0 amide bonds. The minimum absolute atomic E-state index is 0.132. The lowest BCUT2D eigenvalue weighted by Crippen LogP contribution is -2.52. The topological polar surface area (TPSA) is 17.1 Å². The molecule has 4 aliphatic rings. The molecule has 0 aromatic carbocycles. The quantitative estimate of drug-likeness (QED) is 0.637. The lowest BCUT2D eigenvalue weighted by atomic mass is 9.47. The van der Waals surface area contributed by atoms with Crippen molar-refractivity contribution in [1.29, 1.82) is 0 Å². The first-order chi connectivity index (χ1) is 10.7. The van der Waals surface area contributed by atoms with Gasteiger partial charge in [0.1, 0.15) is 0 Å². The highest BCUT2D eigenvalue weighted by Gasteiger charge is 2.58. The van der Waals surface area contributed by atoms with Crippen LogP contribution < -0.4 is 0 Å². The highest BCUT2D eigenvalue weighted by Crippen LogP contribution is 2.64. The van der Waals surface area contributed by atoms with Crippen LogP contribution in [-0.2, 0) is 4.79 Å². The molecule has 0 aliphatic heterocycles. The van der Waals surface area contributed by atoms with Crippen molar-refractivity contribution in [1.82, 2.24) is 0 Å². The molecule has 0 heterocycles. The Morgan fingerprint density at radius 1 is 1.00 bits per heavy atom. The van der Waals surface area contributed by atoms with Crippen molar-refractivity contribution in [2.75, 3.05) is 0 Å². The van der Waals surface area contributed by atoms with E-state index in [-0.39, 0.29) is 16.7 Å². The SMILES string of the molecule is C=CC12CCCC1C1C(=O)C=C3CCCCC3(C=C)C1CC2. The molecule has 0 radical (unpaired) electrons. The number of carbonyl (C=O) groups is 1. The van der Waals surface area contributed by atoms with Gasteiger partial charge in [0.25, 0.3) is 0 Å². The minimum atomic E-state index is 0.132. The van der Waals surface area contributed by atoms with Gasteiger partial charge in [0, 0.05) is 11.3 Å². The number of fused-ring (bicyclic) bond motifs is 5. The van der Waals surface area contributed by atoms with Gasteiger partial charge in [-0.05, 0) is 68.3 Å². The maximum Gasteiger partial charge on any atom is 0.159 e. The second-order valence-electron chi connectivity index (χ2n) is 8.13. The van der Waals surface area contributed by atoms with E-state index in [9.17, 15) is 4.79 Å². The van der Waals surface area contributed by atoms with Gasteiger partial charge < -0.3 is 0 Å². The molecule has 0 aromatic heterocycles. The van der Waals surface area contributed by atoms with E-state index in [1.807, 2.05) is 6.08 Å². The molecule has 4 aliphatic carbocycles. The van der Waals surface area contributed by atoms with Crippen molar-refractivity contribution in [3.63, 3.8) is 0 Å². The van der Waals surface area contributed by atoms with Crippen LogP contribution >= 0.6 is 0 Å². The van der Waals surface area contributed by atoms with Crippen molar-refractivity contribution < 1.29 is 4.79 Å². The van der Waals surface area contributed by atoms with Crippen LogP contribution in [-0.4, -0.2) is 5.78 Å². The van der Waals surface area contributed by atoms with E-state index in [1.54, 1.807) is 0 Å². The average Bonchev–Trinajstić information content (AvgIpc) is 2.99. The first-order valence-electron chi connectivity index (χ1n) is 9.19. The fourth-order valence-electron chi connectivity index (χ4n) is 6.59. The number of allylic oxidation sites excluding steroid dienone is 4. The summed E-state index contributed by atoms with van der Waals surface area (Å²) in [7, 11) is 0. The van der Waals surface area contributed by atoms with Gasteiger partial charge in [-0.3, -0.25) is 4.79 Å². The predicted molar refractivity (Wildman–Crippen MR) is 90.4 cm³/mol. The van der Waals surface area contributed by atoms with E-state index >= 15 is 0 Å². The molecular weight excluding hydrogens is 268 g/mol. The van der Waals surface area contributed by atoms with E-state index in [1.165, 1.54) is 56.9 Å². The Morgan fingerprint density at radius 3 is 2.64 bits per heavy atom. The Hall–Kier alpha value is -1.11. The van der Waals surface area contributed by atoms with Gasteiger partial charge in [0.2, 0.25) is 0 Å². The minimum Gasteiger partial charge on any atom is -0.295 e. The van der Waals surface area contributed by atoms with Crippen molar-refractivity contribution in [3.05, 3.63) is 37.0 Å². The van der Waals surface area contributed by atoms with Crippen molar-refractivity contribution >= 4 is 5.78 Å². The third-order valence-corrected chi connectivity index (χ3v) is 7.65. The largest absolute Gasteiger partial charge is 0.295 e. The third kappa shape index (κ3) is 1.69. The van der Waals surface area contributed by atoms with Gasteiger partial charge in [-0.1, -0.05) is 30.6 Å². The van der Waals surface area contributed by atoms with Crippen LogP contribution in [0.5, 0.6) is 0 Å². The molecule has 118 valence electrons. The molecule has 1 heteroatoms. The average molecular weight is 296 g/mol. The maximum atomic E-state index is 13.0. The molecule has 0 saturated heterocycles. The molecule has 5 unspecified atom stereocenters. The Balaban J connectivity index is 1.81. The predicted octanol–water partition coefficient (Wildman–Crippen LogP) is 5.24. The summed E-state index contributed by atoms with van der Waals surface area (Å²) in [5.41, 5.74) is 1.79. The van der Waals surface area contributed by atoms with Crippen molar-refractivity contribution in [2.45, 2.75) is 57.8 Å². The summed E-state index contributed by atoms with van der Waals surface area (Å²) < 4.78 is 0. The third-order valence-electron chi connectivity index (χ3n) is 7.65. The fraction of sp³-hybridized carbons (Fsp3) is 0.667. The number of hydrogen-bond donors (Lipinski definition) is 0. The highest BCUT2D eigenvalue weighted by molar-refractivity contribution is 5.94. The first-order valence-corrected chi connectivity index (χ1v) is 9.19. The number of hydrogen-bond acceptors (Lipinski definition) is 1. The Labute approximate surface area is 134 Å². The lowest BCUT2D eigenvalue weighted by molar-refractivity contribution is -0.130. The lowest BCUT2D eigenvalue weighted by Gasteiger charge is -2.56. The molecule has 1 nitrogen and oxygen atoms in total. The van der Waals surface area contributed by atoms with E-state index < -0.39 is 0 Å². The molecule has 4 rings (SSSR count). The molecule has 3 fully saturated rings. The van der Waals surface area contributed by atoms with Crippen LogP contribution in [0.1, 0.15) is 57.8 Å². The maximum absolute atomic E-state index is 13.0. The molecule has 0 spiro atoms. The summed E-state index contributed by atoms with van der Waals surface area (Å²) in [5.74, 6) is 1.70. The van der Waals surface area contributed by atoms with E-state index in [0.29, 0.717) is 17.6 Å². The molecule has 5 atom stereocenters. The van der Waals surface area contributed by atoms with Crippen LogP contribution in [0.25, 0.3) is 0 Å². The van der Waals surface area contributed by atoms with Crippen LogP contribution in [0, 0.1) is 28.6 Å². The highest BCUT2D eigenvalue weighted by atomic mass is 16.1. The molecular formula is C21H28O. The van der Waals surface area contributed by atoms with Crippen LogP contribution in [0.4, 0.5) is 0 Å². The summed E-state index contributed by atoms with van der Waals surface area (Å²) >= 11 is 0. The number of carbonyl (C=O) groups excluding carboxylic acids is 1. The van der Waals surface area contributed by atoms with Gasteiger partial charge in [-0.25, -0.2) is 0 Å². The van der Waals surface area contributed by atoms with Gasteiger partial charge in [-0.15, -0.1) is 13.2 Å². The van der Waals surface area contributed by atoms with E-state index in [0.717, 1.165) is 6.42 Å². The monoisotopic (exact) mass is 296 g/mol. The summed E-state index contributed by atoms with van der Waals surface area (Å²) in [6, 6.07) is 0. The zero-order valence-corrected chi connectivity index (χ0v) is 13.7. The Kier molecular flexibility index (Phi) is 3.25. The molecule has 0 bridgehead atoms. The van der Waals surface area contributed by atoms with Crippen LogP contribution in [0.3, 0.4) is 0 Å². The summed E-state index contributed by atoms with van der Waals surface area (Å²) in [6.07, 6.45) is 17.5. The number of rotatable bonds is 2. The smallest absolute Gasteiger partial charge is 0.159 e. The zero-order chi connectivity index (χ0) is 15.4. The Morgan fingerprint density at radius 2 is 1.86 bits per heavy atom. The first kappa shape index (κ1) is 14.5. The van der Waals surface area contributed by atoms with Gasteiger partial charge in [0.05, 0.1) is 0 Å². The molecule has 3 saturated carbocycles. The molecule has 0 N–H and O–H groups in total. The van der Waals surface area contributed by atoms with Crippen molar-refractivity contribution in [2.24, 2.45) is 28.6 Å². The van der Waals surface area contributed by atoms with E-state index in [4.69, 9.17) is 0 Å². The summed E-state index contributed by atoms with van der Waals surface area (Å²) in [6.45, 7) is 8.38. The summed E-state index contributed by atoms with van der Waals surface area (Å²) in [5, 5.41) is 0. The van der Waals surface area contributed by atoms with Crippen LogP contribution in [0.2, 0.25) is 0 Å². The second kappa shape index (κ2) is 4.94. The van der Waals surface area contributed by atoms with Gasteiger partial charge in [-0.2, -0.15) is 0 Å².